The second-order valence-corrected chi connectivity index (χ2v) is 18.7. The molecule has 12 nitrogen and oxygen atoms in total. The van der Waals surface area contributed by atoms with Crippen LogP contribution in [0.5, 0.6) is 17.2 Å². The van der Waals surface area contributed by atoms with Crippen LogP contribution in [-0.4, -0.2) is 70.4 Å². The molecule has 0 aromatic heterocycles. The van der Waals surface area contributed by atoms with Crippen molar-refractivity contribution in [2.45, 2.75) is 108 Å². The van der Waals surface area contributed by atoms with Gasteiger partial charge in [-0.1, -0.05) is 98.3 Å². The number of benzene rings is 4. The van der Waals surface area contributed by atoms with Crippen molar-refractivity contribution in [2.24, 2.45) is 28.8 Å². The highest BCUT2D eigenvalue weighted by Gasteiger charge is 2.65. The first kappa shape index (κ1) is 47.7. The minimum absolute atomic E-state index is 0.00651. The lowest BCUT2D eigenvalue weighted by molar-refractivity contribution is -0.384. The lowest BCUT2D eigenvalue weighted by atomic mass is 9.55. The van der Waals surface area contributed by atoms with Crippen molar-refractivity contribution in [2.75, 3.05) is 26.9 Å². The normalized spacial score (nSPS) is 23.7. The number of hydrogen-bond donors (Lipinski definition) is 2. The van der Waals surface area contributed by atoms with E-state index < -0.39 is 22.7 Å². The number of aliphatic hydroxyl groups excluding tert-OH is 2. The lowest BCUT2D eigenvalue weighted by Crippen LogP contribution is -2.69. The zero-order valence-corrected chi connectivity index (χ0v) is 38.7. The van der Waals surface area contributed by atoms with Gasteiger partial charge in [-0.2, -0.15) is 0 Å². The van der Waals surface area contributed by atoms with Gasteiger partial charge < -0.3 is 34.2 Å². The number of likely N-dealkylation sites (N-methyl/N-ethyl adjacent to an activating group) is 1. The summed E-state index contributed by atoms with van der Waals surface area (Å²) in [6.07, 6.45) is 14.8. The topological polar surface area (TPSA) is 153 Å². The molecule has 2 saturated carbocycles. The highest BCUT2D eigenvalue weighted by molar-refractivity contribution is 6.03. The number of aliphatic hydroxyl groups is 2. The summed E-state index contributed by atoms with van der Waals surface area (Å²) in [5, 5.41) is 36.3. The monoisotopic (exact) mass is 911 g/mol. The number of nitro groups is 1. The number of rotatable bonds is 22. The fourth-order valence-corrected chi connectivity index (χ4v) is 11.1. The van der Waals surface area contributed by atoms with Gasteiger partial charge in [0, 0.05) is 56.7 Å². The van der Waals surface area contributed by atoms with Crippen LogP contribution >= 0.6 is 0 Å². The maximum Gasteiger partial charge on any atom is 0.269 e. The van der Waals surface area contributed by atoms with E-state index in [0.717, 1.165) is 72.8 Å². The summed E-state index contributed by atoms with van der Waals surface area (Å²) in [4.78, 5) is 33.5. The van der Waals surface area contributed by atoms with E-state index in [0.29, 0.717) is 48.1 Å². The largest absolute Gasteiger partial charge is 0.459 e. The maximum atomic E-state index is 14.5. The van der Waals surface area contributed by atoms with Crippen LogP contribution in [0.25, 0.3) is 11.1 Å². The van der Waals surface area contributed by atoms with Crippen LogP contribution in [0.2, 0.25) is 0 Å². The molecule has 1 aliphatic heterocycles. The van der Waals surface area contributed by atoms with Crippen molar-refractivity contribution in [3.63, 3.8) is 0 Å². The Morgan fingerprint density at radius 3 is 2.31 bits per heavy atom. The molecule has 67 heavy (non-hydrogen) atoms. The van der Waals surface area contributed by atoms with Crippen molar-refractivity contribution in [3.8, 4) is 28.4 Å². The van der Waals surface area contributed by atoms with Crippen LogP contribution < -0.4 is 9.47 Å². The molecule has 4 aromatic carbocycles. The zero-order chi connectivity index (χ0) is 46.8. The number of nitrogens with zero attached hydrogens (tertiary/aromatic N) is 3. The molecule has 0 spiro atoms. The van der Waals surface area contributed by atoms with Crippen LogP contribution in [0.4, 0.5) is 5.69 Å². The number of nitro benzene ring substituents is 1. The number of hydrogen-bond acceptors (Lipinski definition) is 10. The highest BCUT2D eigenvalue weighted by atomic mass is 16.7. The van der Waals surface area contributed by atoms with Gasteiger partial charge in [-0.05, 0) is 115 Å². The number of carbonyl (C=O) groups is 1. The maximum absolute atomic E-state index is 14.5. The molecular formula is C55H65N3O9. The molecule has 1 heterocycles. The Kier molecular flexibility index (Phi) is 15.9. The van der Waals surface area contributed by atoms with E-state index in [1.165, 1.54) is 25.0 Å². The van der Waals surface area contributed by atoms with Crippen molar-refractivity contribution in [1.82, 2.24) is 4.90 Å². The summed E-state index contributed by atoms with van der Waals surface area (Å²) in [6, 6.07) is 29.9. The van der Waals surface area contributed by atoms with Gasteiger partial charge in [0.05, 0.1) is 23.2 Å². The average Bonchev–Trinajstić information content (AvgIpc) is 3.88. The third-order valence-corrected chi connectivity index (χ3v) is 14.5. The van der Waals surface area contributed by atoms with Gasteiger partial charge >= 0.3 is 0 Å². The Labute approximate surface area is 394 Å². The van der Waals surface area contributed by atoms with Crippen molar-refractivity contribution >= 4 is 17.3 Å². The fraction of sp³-hybridized carbons (Fsp3) is 0.455. The summed E-state index contributed by atoms with van der Waals surface area (Å²) in [5.74, 6) is 0.653. The first-order valence-corrected chi connectivity index (χ1v) is 24.3. The first-order chi connectivity index (χ1) is 32.7. The van der Waals surface area contributed by atoms with Crippen molar-refractivity contribution < 1.29 is 39.0 Å². The number of allylic oxidation sites excluding steroid dienone is 1. The number of unbranched alkanes of at least 4 members (excludes halogenated alkanes) is 2. The highest BCUT2D eigenvalue weighted by Crippen LogP contribution is 2.62. The number of ether oxygens (including phenoxy) is 3. The lowest BCUT2D eigenvalue weighted by Gasteiger charge is -2.59. The van der Waals surface area contributed by atoms with Gasteiger partial charge in [0.2, 0.25) is 11.7 Å². The summed E-state index contributed by atoms with van der Waals surface area (Å²) < 4.78 is 21.1. The molecule has 8 rings (SSSR count). The van der Waals surface area contributed by atoms with E-state index >= 15 is 0 Å². The predicted molar refractivity (Wildman–Crippen MR) is 259 cm³/mol. The number of oxime groups is 1. The molecule has 6 atom stereocenters. The Balaban J connectivity index is 1.24. The van der Waals surface area contributed by atoms with Gasteiger partial charge in [-0.15, -0.1) is 6.58 Å². The Morgan fingerprint density at radius 1 is 0.910 bits per heavy atom. The molecule has 6 unspecified atom stereocenters. The molecule has 0 bridgehead atoms. The molecule has 1 amide bonds. The average molecular weight is 912 g/mol. The third-order valence-electron chi connectivity index (χ3n) is 14.5. The summed E-state index contributed by atoms with van der Waals surface area (Å²) in [5.41, 5.74) is 5.52. The van der Waals surface area contributed by atoms with Crippen LogP contribution in [0, 0.1) is 33.8 Å². The van der Waals surface area contributed by atoms with Crippen LogP contribution in [0.3, 0.4) is 0 Å². The summed E-state index contributed by atoms with van der Waals surface area (Å²) >= 11 is 0. The molecule has 3 aliphatic carbocycles. The van der Waals surface area contributed by atoms with E-state index in [2.05, 4.69) is 43.0 Å². The van der Waals surface area contributed by atoms with E-state index in [4.69, 9.17) is 24.2 Å². The molecule has 354 valence electrons. The first-order valence-electron chi connectivity index (χ1n) is 24.3. The molecule has 12 heteroatoms. The smallest absolute Gasteiger partial charge is 0.269 e. The van der Waals surface area contributed by atoms with E-state index in [1.54, 1.807) is 18.2 Å². The van der Waals surface area contributed by atoms with Gasteiger partial charge in [0.15, 0.2) is 0 Å². The summed E-state index contributed by atoms with van der Waals surface area (Å²) in [6.45, 7) is 4.48. The van der Waals surface area contributed by atoms with E-state index in [1.807, 2.05) is 54.4 Å². The Morgan fingerprint density at radius 2 is 1.61 bits per heavy atom. The predicted octanol–water partition coefficient (Wildman–Crippen LogP) is 11.3. The quantitative estimate of drug-likeness (QED) is 0.0339. The second kappa shape index (κ2) is 22.3. The standard InChI is InChI=1S/C55H65N3O9/c1-3-33-64-55-51(57(2)52(61)30-21-38-13-7-8-14-38)36-49(56-65-37-39-19-24-43(25-20-39)58(62)63)47-34-42(17-9-11-31-59)46(18-10-12-32-60)53(54(47)55)48-35-45(28-29-50(48)67-55)66-44-26-22-41(23-27-44)40-15-5-4-6-16-40/h3-6,15-16,19-20,22-29,34-35,38,42,46,51,53-54,59-60H,1,7-14,17-18,21,30-33,36-37H2,2H3. The summed E-state index contributed by atoms with van der Waals surface area (Å²) in [7, 11) is 1.86. The SMILES string of the molecule is C=CCOC12Oc3ccc(Oc4ccc(-c5ccccc5)cc4)cc3C3C(CCCCO)C(CCCCO)C=C(C(=NOCc4ccc([N+](=O)[O-])cc4)CC1N(C)C(=O)CCC1CCCC1)C32. The van der Waals surface area contributed by atoms with Gasteiger partial charge in [-0.3, -0.25) is 14.9 Å². The Bertz CT molecular complexity index is 2360. The van der Waals surface area contributed by atoms with Crippen LogP contribution in [0.1, 0.15) is 101 Å². The van der Waals surface area contributed by atoms with Crippen LogP contribution in [0.15, 0.2) is 127 Å². The fourth-order valence-electron chi connectivity index (χ4n) is 11.1. The number of non-ortho nitro benzene ring substituents is 1. The Hall–Kier alpha value is -5.82. The molecule has 0 saturated heterocycles. The minimum atomic E-state index is -1.35. The molecular weight excluding hydrogens is 847 g/mol. The van der Waals surface area contributed by atoms with Gasteiger partial charge in [0.25, 0.3) is 5.69 Å². The van der Waals surface area contributed by atoms with E-state index in [-0.39, 0.29) is 62.2 Å². The van der Waals surface area contributed by atoms with Crippen molar-refractivity contribution in [3.05, 3.63) is 143 Å². The number of fused-ring (bicyclic) bond motifs is 2. The molecule has 0 radical (unpaired) electrons. The molecule has 4 aliphatic rings. The molecule has 2 fully saturated rings. The zero-order valence-electron chi connectivity index (χ0n) is 38.7. The number of carbonyl (C=O) groups excluding carboxylic acids is 1. The van der Waals surface area contributed by atoms with E-state index in [9.17, 15) is 25.1 Å². The second-order valence-electron chi connectivity index (χ2n) is 18.7. The minimum Gasteiger partial charge on any atom is -0.459 e. The number of amides is 1. The molecule has 4 aromatic rings. The third kappa shape index (κ3) is 10.8. The van der Waals surface area contributed by atoms with Gasteiger partial charge in [0.1, 0.15) is 29.9 Å². The van der Waals surface area contributed by atoms with Crippen molar-refractivity contribution in [1.29, 1.82) is 0 Å². The molecule has 2 N–H and O–H groups in total. The van der Waals surface area contributed by atoms with Crippen LogP contribution in [-0.2, 0) is 21.0 Å². The van der Waals surface area contributed by atoms with Gasteiger partial charge in [-0.25, -0.2) is 0 Å².